The molecule has 116 valence electrons. The minimum Gasteiger partial charge on any atom is -0.492 e. The summed E-state index contributed by atoms with van der Waals surface area (Å²) in [5.74, 6) is 1.17. The third-order valence-electron chi connectivity index (χ3n) is 4.04. The molecule has 0 aliphatic carbocycles. The first-order valence-electron chi connectivity index (χ1n) is 7.74. The molecule has 0 aromatic heterocycles. The van der Waals surface area contributed by atoms with E-state index >= 15 is 0 Å². The molecule has 1 heterocycles. The van der Waals surface area contributed by atoms with E-state index in [1.807, 2.05) is 4.90 Å². The fourth-order valence-corrected chi connectivity index (χ4v) is 2.66. The van der Waals surface area contributed by atoms with E-state index in [2.05, 4.69) is 36.9 Å². The number of benzene rings is 1. The molecule has 0 atom stereocenters. The molecule has 0 spiro atoms. The second kappa shape index (κ2) is 7.46. The van der Waals surface area contributed by atoms with Crippen molar-refractivity contribution in [2.45, 2.75) is 27.2 Å². The number of carbonyl (C=O) groups is 1. The Bertz CT molecular complexity index is 488. The van der Waals surface area contributed by atoms with E-state index in [-0.39, 0.29) is 5.91 Å². The van der Waals surface area contributed by atoms with Crippen LogP contribution < -0.4 is 4.74 Å². The van der Waals surface area contributed by atoms with Crippen molar-refractivity contribution in [2.75, 3.05) is 39.3 Å². The Balaban J connectivity index is 1.78. The van der Waals surface area contributed by atoms with Crippen molar-refractivity contribution in [3.63, 3.8) is 0 Å². The van der Waals surface area contributed by atoms with Crippen molar-refractivity contribution in [3.8, 4) is 5.75 Å². The van der Waals surface area contributed by atoms with Crippen molar-refractivity contribution in [1.29, 1.82) is 0 Å². The second-order valence-electron chi connectivity index (χ2n) is 5.82. The van der Waals surface area contributed by atoms with Gasteiger partial charge in [0.05, 0.1) is 0 Å². The van der Waals surface area contributed by atoms with Crippen LogP contribution in [0.4, 0.5) is 0 Å². The molecule has 0 radical (unpaired) electrons. The first-order chi connectivity index (χ1) is 10.1. The number of nitrogens with zero attached hydrogens (tertiary/aromatic N) is 2. The van der Waals surface area contributed by atoms with E-state index in [1.165, 1.54) is 11.1 Å². The fourth-order valence-electron chi connectivity index (χ4n) is 2.66. The Morgan fingerprint density at radius 3 is 2.76 bits per heavy atom. The van der Waals surface area contributed by atoms with Gasteiger partial charge in [0.15, 0.2) is 0 Å². The highest BCUT2D eigenvalue weighted by Crippen LogP contribution is 2.19. The van der Waals surface area contributed by atoms with E-state index in [1.54, 1.807) is 6.92 Å². The molecule has 0 unspecified atom stereocenters. The minimum atomic E-state index is 0.184. The maximum Gasteiger partial charge on any atom is 0.219 e. The van der Waals surface area contributed by atoms with Gasteiger partial charge >= 0.3 is 0 Å². The highest BCUT2D eigenvalue weighted by molar-refractivity contribution is 5.73. The van der Waals surface area contributed by atoms with Gasteiger partial charge in [-0.2, -0.15) is 0 Å². The molecule has 0 bridgehead atoms. The first kappa shape index (κ1) is 15.8. The van der Waals surface area contributed by atoms with Crippen molar-refractivity contribution >= 4 is 5.91 Å². The van der Waals surface area contributed by atoms with Crippen LogP contribution in [0, 0.1) is 13.8 Å². The van der Waals surface area contributed by atoms with Gasteiger partial charge in [0.1, 0.15) is 12.4 Å². The van der Waals surface area contributed by atoms with Crippen LogP contribution in [0.2, 0.25) is 0 Å². The number of hydrogen-bond acceptors (Lipinski definition) is 3. The molecule has 1 fully saturated rings. The van der Waals surface area contributed by atoms with E-state index in [0.29, 0.717) is 6.61 Å². The molecule has 1 aliphatic heterocycles. The monoisotopic (exact) mass is 290 g/mol. The minimum absolute atomic E-state index is 0.184. The molecule has 4 heteroatoms. The van der Waals surface area contributed by atoms with E-state index in [9.17, 15) is 4.79 Å². The lowest BCUT2D eigenvalue weighted by atomic mass is 10.1. The topological polar surface area (TPSA) is 32.8 Å². The van der Waals surface area contributed by atoms with Crippen LogP contribution >= 0.6 is 0 Å². The van der Waals surface area contributed by atoms with Crippen LogP contribution in [0.3, 0.4) is 0 Å². The van der Waals surface area contributed by atoms with Crippen LogP contribution in [-0.2, 0) is 4.79 Å². The third kappa shape index (κ3) is 4.74. The highest BCUT2D eigenvalue weighted by atomic mass is 16.5. The summed E-state index contributed by atoms with van der Waals surface area (Å²) < 4.78 is 5.91. The fraction of sp³-hybridized carbons (Fsp3) is 0.588. The summed E-state index contributed by atoms with van der Waals surface area (Å²) >= 11 is 0. The van der Waals surface area contributed by atoms with Gasteiger partial charge in [-0.15, -0.1) is 0 Å². The smallest absolute Gasteiger partial charge is 0.219 e. The Labute approximate surface area is 127 Å². The van der Waals surface area contributed by atoms with Gasteiger partial charge in [-0.25, -0.2) is 0 Å². The highest BCUT2D eigenvalue weighted by Gasteiger charge is 2.16. The van der Waals surface area contributed by atoms with E-state index in [0.717, 1.165) is 44.9 Å². The largest absolute Gasteiger partial charge is 0.492 e. The predicted molar refractivity (Wildman–Crippen MR) is 84.7 cm³/mol. The van der Waals surface area contributed by atoms with Gasteiger partial charge in [-0.3, -0.25) is 9.69 Å². The maximum atomic E-state index is 11.4. The molecule has 1 amide bonds. The molecule has 0 saturated carbocycles. The van der Waals surface area contributed by atoms with Crippen molar-refractivity contribution in [2.24, 2.45) is 0 Å². The quantitative estimate of drug-likeness (QED) is 0.852. The lowest BCUT2D eigenvalue weighted by molar-refractivity contribution is -0.128. The zero-order valence-electron chi connectivity index (χ0n) is 13.4. The van der Waals surface area contributed by atoms with Gasteiger partial charge in [0.25, 0.3) is 0 Å². The molecule has 2 rings (SSSR count). The molecule has 1 aliphatic rings. The molecule has 21 heavy (non-hydrogen) atoms. The van der Waals surface area contributed by atoms with Crippen molar-refractivity contribution < 1.29 is 9.53 Å². The van der Waals surface area contributed by atoms with Gasteiger partial charge < -0.3 is 9.64 Å². The van der Waals surface area contributed by atoms with Gasteiger partial charge in [-0.1, -0.05) is 12.1 Å². The number of rotatable bonds is 4. The summed E-state index contributed by atoms with van der Waals surface area (Å²) in [6.07, 6.45) is 1.04. The average Bonchev–Trinajstić information content (AvgIpc) is 2.68. The predicted octanol–water partition coefficient (Wildman–Crippen LogP) is 2.24. The molecular weight excluding hydrogens is 264 g/mol. The van der Waals surface area contributed by atoms with Gasteiger partial charge in [0.2, 0.25) is 5.91 Å². The van der Waals surface area contributed by atoms with E-state index in [4.69, 9.17) is 4.74 Å². The van der Waals surface area contributed by atoms with Crippen molar-refractivity contribution in [1.82, 2.24) is 9.80 Å². The Morgan fingerprint density at radius 2 is 2.00 bits per heavy atom. The van der Waals surface area contributed by atoms with Crippen LogP contribution in [0.1, 0.15) is 24.5 Å². The number of carbonyl (C=O) groups excluding carboxylic acids is 1. The maximum absolute atomic E-state index is 11.4. The summed E-state index contributed by atoms with van der Waals surface area (Å²) in [5, 5.41) is 0. The summed E-state index contributed by atoms with van der Waals surface area (Å²) in [6, 6.07) is 6.30. The molecule has 4 nitrogen and oxygen atoms in total. The zero-order chi connectivity index (χ0) is 15.2. The standard InChI is InChI=1S/C17H26N2O2/c1-14-5-6-15(2)17(13-14)21-12-11-18-7-4-8-19(10-9-18)16(3)20/h5-6,13H,4,7-12H2,1-3H3. The van der Waals surface area contributed by atoms with Crippen LogP contribution in [0.5, 0.6) is 5.75 Å². The van der Waals surface area contributed by atoms with Gasteiger partial charge in [-0.05, 0) is 37.5 Å². The Kier molecular flexibility index (Phi) is 5.62. The van der Waals surface area contributed by atoms with Crippen LogP contribution in [0.15, 0.2) is 18.2 Å². The Morgan fingerprint density at radius 1 is 1.19 bits per heavy atom. The lowest BCUT2D eigenvalue weighted by Gasteiger charge is -2.21. The number of amides is 1. The molecule has 1 aromatic rings. The molecule has 1 saturated heterocycles. The number of ether oxygens (including phenoxy) is 1. The molecular formula is C17H26N2O2. The third-order valence-corrected chi connectivity index (χ3v) is 4.04. The molecule has 1 aromatic carbocycles. The Hall–Kier alpha value is -1.55. The van der Waals surface area contributed by atoms with Crippen LogP contribution in [-0.4, -0.2) is 55.0 Å². The summed E-state index contributed by atoms with van der Waals surface area (Å²) in [4.78, 5) is 15.7. The van der Waals surface area contributed by atoms with Gasteiger partial charge in [0, 0.05) is 39.6 Å². The summed E-state index contributed by atoms with van der Waals surface area (Å²) in [6.45, 7) is 11.1. The van der Waals surface area contributed by atoms with Crippen LogP contribution in [0.25, 0.3) is 0 Å². The first-order valence-corrected chi connectivity index (χ1v) is 7.74. The molecule has 0 N–H and O–H groups in total. The lowest BCUT2D eigenvalue weighted by Crippen LogP contribution is -2.35. The number of hydrogen-bond donors (Lipinski definition) is 0. The summed E-state index contributed by atoms with van der Waals surface area (Å²) in [5.41, 5.74) is 2.40. The van der Waals surface area contributed by atoms with E-state index < -0.39 is 0 Å². The van der Waals surface area contributed by atoms with Crippen molar-refractivity contribution in [3.05, 3.63) is 29.3 Å². The zero-order valence-corrected chi connectivity index (χ0v) is 13.4. The second-order valence-corrected chi connectivity index (χ2v) is 5.82. The normalized spacial score (nSPS) is 16.6. The number of aryl methyl sites for hydroxylation is 2. The SMILES string of the molecule is CC(=O)N1CCCN(CCOc2cc(C)ccc2C)CC1. The average molecular weight is 290 g/mol. The summed E-state index contributed by atoms with van der Waals surface area (Å²) in [7, 11) is 0.